The summed E-state index contributed by atoms with van der Waals surface area (Å²) in [7, 11) is 0. The van der Waals surface area contributed by atoms with Crippen LogP contribution in [-0.2, 0) is 14.9 Å². The Morgan fingerprint density at radius 2 is 1.65 bits per heavy atom. The molecular formula is C19H27NO3. The van der Waals surface area contributed by atoms with Gasteiger partial charge in [-0.2, -0.15) is 0 Å². The SMILES string of the molecule is CC(C)(C)OC(=O)N1C(=O)CCC1c1ccc(C(C)(C)C)cc1. The highest BCUT2D eigenvalue weighted by molar-refractivity contribution is 5.94. The van der Waals surface area contributed by atoms with Crippen LogP contribution in [0.5, 0.6) is 0 Å². The number of benzene rings is 1. The van der Waals surface area contributed by atoms with E-state index in [9.17, 15) is 9.59 Å². The normalized spacial score (nSPS) is 19.1. The summed E-state index contributed by atoms with van der Waals surface area (Å²) in [5, 5.41) is 0. The molecule has 1 aromatic carbocycles. The average molecular weight is 317 g/mol. The van der Waals surface area contributed by atoms with E-state index >= 15 is 0 Å². The van der Waals surface area contributed by atoms with Gasteiger partial charge in [0.15, 0.2) is 0 Å². The van der Waals surface area contributed by atoms with Crippen LogP contribution in [0.2, 0.25) is 0 Å². The molecule has 0 aromatic heterocycles. The van der Waals surface area contributed by atoms with E-state index in [1.807, 2.05) is 12.1 Å². The van der Waals surface area contributed by atoms with Crippen LogP contribution in [0.25, 0.3) is 0 Å². The van der Waals surface area contributed by atoms with E-state index in [-0.39, 0.29) is 17.4 Å². The monoisotopic (exact) mass is 317 g/mol. The maximum Gasteiger partial charge on any atom is 0.417 e. The Morgan fingerprint density at radius 1 is 1.09 bits per heavy atom. The van der Waals surface area contributed by atoms with E-state index in [2.05, 4.69) is 32.9 Å². The Labute approximate surface area is 138 Å². The third-order valence-corrected chi connectivity index (χ3v) is 3.96. The van der Waals surface area contributed by atoms with Crippen LogP contribution in [0.15, 0.2) is 24.3 Å². The third kappa shape index (κ3) is 4.12. The van der Waals surface area contributed by atoms with Crippen LogP contribution < -0.4 is 0 Å². The number of imide groups is 1. The minimum Gasteiger partial charge on any atom is -0.443 e. The summed E-state index contributed by atoms with van der Waals surface area (Å²) >= 11 is 0. The smallest absolute Gasteiger partial charge is 0.417 e. The molecule has 1 saturated heterocycles. The van der Waals surface area contributed by atoms with E-state index in [0.717, 1.165) is 5.56 Å². The molecule has 1 fully saturated rings. The highest BCUT2D eigenvalue weighted by Gasteiger charge is 2.39. The lowest BCUT2D eigenvalue weighted by Gasteiger charge is -2.28. The van der Waals surface area contributed by atoms with E-state index in [0.29, 0.717) is 12.8 Å². The van der Waals surface area contributed by atoms with E-state index in [1.165, 1.54) is 10.5 Å². The number of amides is 2. The molecule has 0 N–H and O–H groups in total. The van der Waals surface area contributed by atoms with Crippen LogP contribution in [0.4, 0.5) is 4.79 Å². The van der Waals surface area contributed by atoms with Gasteiger partial charge in [-0.15, -0.1) is 0 Å². The highest BCUT2D eigenvalue weighted by atomic mass is 16.6. The number of rotatable bonds is 1. The van der Waals surface area contributed by atoms with E-state index in [1.54, 1.807) is 20.8 Å². The number of hydrogen-bond donors (Lipinski definition) is 0. The topological polar surface area (TPSA) is 46.6 Å². The summed E-state index contributed by atoms with van der Waals surface area (Å²) in [4.78, 5) is 25.8. The molecule has 1 aliphatic rings. The summed E-state index contributed by atoms with van der Waals surface area (Å²) in [5.74, 6) is -0.163. The van der Waals surface area contributed by atoms with Crippen molar-refractivity contribution in [1.82, 2.24) is 4.90 Å². The Kier molecular flexibility index (Phi) is 4.56. The Morgan fingerprint density at radius 3 is 2.13 bits per heavy atom. The van der Waals surface area contributed by atoms with Gasteiger partial charge in [0.25, 0.3) is 0 Å². The van der Waals surface area contributed by atoms with Crippen LogP contribution >= 0.6 is 0 Å². The van der Waals surface area contributed by atoms with Crippen LogP contribution in [0, 0.1) is 0 Å². The molecule has 23 heavy (non-hydrogen) atoms. The second kappa shape index (κ2) is 5.99. The van der Waals surface area contributed by atoms with Crippen molar-refractivity contribution in [3.8, 4) is 0 Å². The molecule has 0 aliphatic carbocycles. The molecule has 2 rings (SSSR count). The van der Waals surface area contributed by atoms with Gasteiger partial charge in [-0.3, -0.25) is 4.79 Å². The lowest BCUT2D eigenvalue weighted by atomic mass is 9.86. The largest absolute Gasteiger partial charge is 0.443 e. The number of hydrogen-bond acceptors (Lipinski definition) is 3. The van der Waals surface area contributed by atoms with Crippen molar-refractivity contribution in [3.05, 3.63) is 35.4 Å². The Hall–Kier alpha value is -1.84. The molecule has 1 aliphatic heterocycles. The summed E-state index contributed by atoms with van der Waals surface area (Å²) in [5.41, 5.74) is 1.68. The summed E-state index contributed by atoms with van der Waals surface area (Å²) in [6, 6.07) is 7.95. The maximum absolute atomic E-state index is 12.4. The summed E-state index contributed by atoms with van der Waals surface area (Å²) in [6.07, 6.45) is 0.475. The molecule has 0 saturated carbocycles. The molecule has 4 heteroatoms. The minimum atomic E-state index is -0.611. The van der Waals surface area contributed by atoms with Crippen LogP contribution in [0.3, 0.4) is 0 Å². The van der Waals surface area contributed by atoms with Gasteiger partial charge in [-0.05, 0) is 43.7 Å². The highest BCUT2D eigenvalue weighted by Crippen LogP contribution is 2.35. The zero-order valence-electron chi connectivity index (χ0n) is 15.0. The van der Waals surface area contributed by atoms with Crippen molar-refractivity contribution in [2.45, 2.75) is 71.4 Å². The summed E-state index contributed by atoms with van der Waals surface area (Å²) in [6.45, 7) is 11.9. The second-order valence-electron chi connectivity index (χ2n) is 8.17. The van der Waals surface area contributed by atoms with Crippen LogP contribution in [0.1, 0.15) is 71.6 Å². The van der Waals surface area contributed by atoms with Gasteiger partial charge in [0, 0.05) is 6.42 Å². The van der Waals surface area contributed by atoms with Crippen molar-refractivity contribution < 1.29 is 14.3 Å². The van der Waals surface area contributed by atoms with Gasteiger partial charge in [0.1, 0.15) is 5.60 Å². The molecule has 2 amide bonds. The molecule has 0 bridgehead atoms. The van der Waals surface area contributed by atoms with Crippen LogP contribution in [-0.4, -0.2) is 22.5 Å². The summed E-state index contributed by atoms with van der Waals surface area (Å²) < 4.78 is 5.39. The van der Waals surface area contributed by atoms with Crippen molar-refractivity contribution in [2.75, 3.05) is 0 Å². The van der Waals surface area contributed by atoms with Crippen molar-refractivity contribution in [3.63, 3.8) is 0 Å². The van der Waals surface area contributed by atoms with E-state index in [4.69, 9.17) is 4.74 Å². The first-order chi connectivity index (χ1) is 10.5. The van der Waals surface area contributed by atoms with E-state index < -0.39 is 11.7 Å². The van der Waals surface area contributed by atoms with Gasteiger partial charge in [-0.25, -0.2) is 9.69 Å². The van der Waals surface area contributed by atoms with Gasteiger partial charge >= 0.3 is 6.09 Å². The molecule has 1 unspecified atom stereocenters. The molecular weight excluding hydrogens is 290 g/mol. The average Bonchev–Trinajstić information content (AvgIpc) is 2.78. The fourth-order valence-corrected chi connectivity index (χ4v) is 2.74. The van der Waals surface area contributed by atoms with Crippen molar-refractivity contribution >= 4 is 12.0 Å². The quantitative estimate of drug-likeness (QED) is 0.761. The Bertz CT molecular complexity index is 591. The third-order valence-electron chi connectivity index (χ3n) is 3.96. The predicted molar refractivity (Wildman–Crippen MR) is 90.2 cm³/mol. The molecule has 1 atom stereocenters. The number of likely N-dealkylation sites (tertiary alicyclic amines) is 1. The van der Waals surface area contributed by atoms with Crippen molar-refractivity contribution in [1.29, 1.82) is 0 Å². The molecule has 1 heterocycles. The lowest BCUT2D eigenvalue weighted by molar-refractivity contribution is -0.128. The molecule has 1 aromatic rings. The fourth-order valence-electron chi connectivity index (χ4n) is 2.74. The number of nitrogens with zero attached hydrogens (tertiary/aromatic N) is 1. The zero-order valence-corrected chi connectivity index (χ0v) is 15.0. The van der Waals surface area contributed by atoms with Gasteiger partial charge in [-0.1, -0.05) is 45.0 Å². The van der Waals surface area contributed by atoms with Crippen molar-refractivity contribution in [2.24, 2.45) is 0 Å². The number of ether oxygens (including phenoxy) is 1. The zero-order chi connectivity index (χ0) is 17.4. The fraction of sp³-hybridized carbons (Fsp3) is 0.579. The number of carbonyl (C=O) groups excluding carboxylic acids is 2. The van der Waals surface area contributed by atoms with Gasteiger partial charge in [0.05, 0.1) is 6.04 Å². The molecule has 4 nitrogen and oxygen atoms in total. The first kappa shape index (κ1) is 17.5. The molecule has 0 radical (unpaired) electrons. The molecule has 0 spiro atoms. The number of carbonyl (C=O) groups is 2. The van der Waals surface area contributed by atoms with Gasteiger partial charge in [0.2, 0.25) is 5.91 Å². The first-order valence-electron chi connectivity index (χ1n) is 8.14. The Balaban J connectivity index is 2.24. The lowest BCUT2D eigenvalue weighted by Crippen LogP contribution is -2.38. The second-order valence-corrected chi connectivity index (χ2v) is 8.17. The van der Waals surface area contributed by atoms with Gasteiger partial charge < -0.3 is 4.74 Å². The standard InChI is InChI=1S/C19H27NO3/c1-18(2,3)14-9-7-13(8-10-14)15-11-12-16(21)20(15)17(22)23-19(4,5)6/h7-10,15H,11-12H2,1-6H3. The predicted octanol–water partition coefficient (Wildman–Crippen LogP) is 4.58. The minimum absolute atomic E-state index is 0.0783. The first-order valence-corrected chi connectivity index (χ1v) is 8.14. The maximum atomic E-state index is 12.4. The molecule has 126 valence electrons.